The van der Waals surface area contributed by atoms with Crippen molar-refractivity contribution in [2.45, 2.75) is 24.3 Å². The van der Waals surface area contributed by atoms with E-state index in [0.717, 1.165) is 29.0 Å². The monoisotopic (exact) mass is 374 g/mol. The maximum absolute atomic E-state index is 13.4. The third-order valence-corrected chi connectivity index (χ3v) is 6.79. The van der Waals surface area contributed by atoms with Crippen LogP contribution in [0.2, 0.25) is 0 Å². The van der Waals surface area contributed by atoms with Gasteiger partial charge in [0.2, 0.25) is 0 Å². The maximum atomic E-state index is 13.4. The molecule has 0 amide bonds. The van der Waals surface area contributed by atoms with Gasteiger partial charge in [-0.1, -0.05) is 17.2 Å². The molecular formula is C19H19FN2OS2. The third kappa shape index (κ3) is 3.24. The molecule has 3 nitrogen and oxygen atoms in total. The van der Waals surface area contributed by atoms with Crippen LogP contribution in [0, 0.1) is 0 Å². The molecule has 130 valence electrons. The normalized spacial score (nSPS) is 23.4. The average molecular weight is 375 g/mol. The van der Waals surface area contributed by atoms with Crippen LogP contribution < -0.4 is 0 Å². The van der Waals surface area contributed by atoms with Gasteiger partial charge < -0.3 is 4.55 Å². The van der Waals surface area contributed by atoms with Crippen molar-refractivity contribution in [3.63, 3.8) is 0 Å². The molecule has 0 radical (unpaired) electrons. The molecule has 3 aliphatic rings. The Labute approximate surface area is 154 Å². The topological polar surface area (TPSA) is 38.7 Å². The summed E-state index contributed by atoms with van der Waals surface area (Å²) in [6.07, 6.45) is 7.23. The molecule has 0 fully saturated rings. The summed E-state index contributed by atoms with van der Waals surface area (Å²) >= 11 is 0.959. The Balaban J connectivity index is 1.58. The Morgan fingerprint density at radius 1 is 1.36 bits per heavy atom. The van der Waals surface area contributed by atoms with Crippen LogP contribution in [0.25, 0.3) is 5.57 Å². The number of hydrogen-bond donors (Lipinski definition) is 0. The van der Waals surface area contributed by atoms with Crippen molar-refractivity contribution in [2.75, 3.05) is 18.6 Å². The number of halogens is 1. The fourth-order valence-electron chi connectivity index (χ4n) is 3.33. The van der Waals surface area contributed by atoms with Crippen molar-refractivity contribution in [3.8, 4) is 0 Å². The molecule has 6 heteroatoms. The minimum absolute atomic E-state index is 0.139. The van der Waals surface area contributed by atoms with E-state index in [9.17, 15) is 8.94 Å². The number of hydrogen-bond acceptors (Lipinski definition) is 4. The Bertz CT molecular complexity index is 842. The van der Waals surface area contributed by atoms with Crippen molar-refractivity contribution in [3.05, 3.63) is 59.1 Å². The highest BCUT2D eigenvalue weighted by Crippen LogP contribution is 2.45. The minimum Gasteiger partial charge on any atom is -0.617 e. The first-order chi connectivity index (χ1) is 12.0. The third-order valence-electron chi connectivity index (χ3n) is 4.74. The van der Waals surface area contributed by atoms with Crippen LogP contribution in [-0.4, -0.2) is 33.1 Å². The van der Waals surface area contributed by atoms with Gasteiger partial charge in [0.25, 0.3) is 0 Å². The molecule has 2 heterocycles. The van der Waals surface area contributed by atoms with Gasteiger partial charge in [-0.25, -0.2) is 8.70 Å². The first-order valence-corrected chi connectivity index (χ1v) is 10.8. The van der Waals surface area contributed by atoms with Gasteiger partial charge in [-0.3, -0.25) is 4.99 Å². The average Bonchev–Trinajstić information content (AvgIpc) is 3.13. The largest absolute Gasteiger partial charge is 0.617 e. The van der Waals surface area contributed by atoms with E-state index in [1.165, 1.54) is 16.5 Å². The zero-order valence-corrected chi connectivity index (χ0v) is 15.8. The van der Waals surface area contributed by atoms with Gasteiger partial charge in [0.15, 0.2) is 0 Å². The van der Waals surface area contributed by atoms with E-state index in [-0.39, 0.29) is 18.3 Å². The summed E-state index contributed by atoms with van der Waals surface area (Å²) in [4.78, 5) is 5.65. The van der Waals surface area contributed by atoms with Gasteiger partial charge in [-0.2, -0.15) is 0 Å². The van der Waals surface area contributed by atoms with E-state index >= 15 is 0 Å². The first kappa shape index (κ1) is 17.1. The predicted molar refractivity (Wildman–Crippen MR) is 104 cm³/mol. The molecule has 2 aliphatic heterocycles. The molecule has 0 bridgehead atoms. The lowest BCUT2D eigenvalue weighted by molar-refractivity contribution is 0.413. The van der Waals surface area contributed by atoms with Gasteiger partial charge in [0, 0.05) is 34.7 Å². The standard InChI is InChI=1S/C19H19FN2OS2/c1-12-16-9-13(3-6-19(16)24-22(12)7-8-25(2)23)17-11-21-18-10-14(20)4-5-15(17)18/h3-6,9,11-12H,7-8,10H2,1-2H3. The van der Waals surface area contributed by atoms with E-state index in [0.29, 0.717) is 5.75 Å². The van der Waals surface area contributed by atoms with Crippen LogP contribution in [0.1, 0.15) is 30.5 Å². The summed E-state index contributed by atoms with van der Waals surface area (Å²) in [7, 11) is 0. The fourth-order valence-corrected chi connectivity index (χ4v) is 5.07. The van der Waals surface area contributed by atoms with Crippen molar-refractivity contribution < 1.29 is 8.94 Å². The van der Waals surface area contributed by atoms with Gasteiger partial charge in [-0.15, -0.1) is 0 Å². The molecule has 0 spiro atoms. The highest BCUT2D eigenvalue weighted by molar-refractivity contribution is 7.97. The Morgan fingerprint density at radius 3 is 3.00 bits per heavy atom. The molecule has 25 heavy (non-hydrogen) atoms. The van der Waals surface area contributed by atoms with E-state index in [1.807, 2.05) is 12.3 Å². The van der Waals surface area contributed by atoms with Crippen molar-refractivity contribution in [2.24, 2.45) is 4.99 Å². The molecule has 4 rings (SSSR count). The number of rotatable bonds is 4. The lowest BCUT2D eigenvalue weighted by Gasteiger charge is -2.19. The van der Waals surface area contributed by atoms with E-state index in [2.05, 4.69) is 34.4 Å². The quantitative estimate of drug-likeness (QED) is 0.578. The van der Waals surface area contributed by atoms with Crippen LogP contribution in [0.3, 0.4) is 0 Å². The van der Waals surface area contributed by atoms with Gasteiger partial charge in [-0.05, 0) is 54.3 Å². The molecular weight excluding hydrogens is 355 g/mol. The number of fused-ring (bicyclic) bond motifs is 2. The summed E-state index contributed by atoms with van der Waals surface area (Å²) in [5, 5.41) is 0. The number of nitrogens with zero attached hydrogens (tertiary/aromatic N) is 2. The van der Waals surface area contributed by atoms with Crippen LogP contribution in [-0.2, 0) is 11.2 Å². The molecule has 0 saturated carbocycles. The van der Waals surface area contributed by atoms with Crippen LogP contribution in [0.5, 0.6) is 0 Å². The number of allylic oxidation sites excluding steroid dienone is 5. The molecule has 0 N–H and O–H groups in total. The zero-order chi connectivity index (χ0) is 17.6. The van der Waals surface area contributed by atoms with Crippen molar-refractivity contribution >= 4 is 34.4 Å². The maximum Gasteiger partial charge on any atom is 0.118 e. The summed E-state index contributed by atoms with van der Waals surface area (Å²) < 4.78 is 27.1. The second-order valence-corrected chi connectivity index (χ2v) is 9.07. The van der Waals surface area contributed by atoms with E-state index < -0.39 is 11.2 Å². The van der Waals surface area contributed by atoms with Gasteiger partial charge in [0.1, 0.15) is 11.6 Å². The Hall–Kier alpha value is -1.34. The van der Waals surface area contributed by atoms with E-state index in [1.54, 1.807) is 18.2 Å². The fraction of sp³-hybridized carbons (Fsp3) is 0.316. The summed E-state index contributed by atoms with van der Waals surface area (Å²) in [6, 6.07) is 6.76. The Morgan fingerprint density at radius 2 is 2.20 bits per heavy atom. The number of benzene rings is 1. The molecule has 1 aromatic carbocycles. The Kier molecular flexibility index (Phi) is 4.62. The number of aliphatic imine (C=N–C) groups is 1. The van der Waals surface area contributed by atoms with Crippen LogP contribution in [0.4, 0.5) is 4.39 Å². The van der Waals surface area contributed by atoms with Gasteiger partial charge >= 0.3 is 0 Å². The molecule has 2 atom stereocenters. The highest BCUT2D eigenvalue weighted by Gasteiger charge is 2.30. The second kappa shape index (κ2) is 6.76. The van der Waals surface area contributed by atoms with Gasteiger partial charge in [0.05, 0.1) is 18.5 Å². The SMILES string of the molecule is CC1c2cc(C3=CN=C4CC(F)=CC=C34)ccc2SN1CC[S+](C)[O-]. The highest BCUT2D eigenvalue weighted by atomic mass is 32.2. The van der Waals surface area contributed by atoms with Crippen LogP contribution >= 0.6 is 11.9 Å². The zero-order valence-electron chi connectivity index (χ0n) is 14.2. The lowest BCUT2D eigenvalue weighted by atomic mass is 9.91. The van der Waals surface area contributed by atoms with Crippen molar-refractivity contribution in [1.82, 2.24) is 4.31 Å². The summed E-state index contributed by atoms with van der Waals surface area (Å²) in [5.74, 6) is 0.547. The predicted octanol–water partition coefficient (Wildman–Crippen LogP) is 4.43. The minimum atomic E-state index is -0.779. The molecule has 0 saturated heterocycles. The summed E-state index contributed by atoms with van der Waals surface area (Å²) in [5.41, 5.74) is 5.31. The van der Waals surface area contributed by atoms with E-state index in [4.69, 9.17) is 0 Å². The van der Waals surface area contributed by atoms with Crippen molar-refractivity contribution in [1.29, 1.82) is 0 Å². The summed E-state index contributed by atoms with van der Waals surface area (Å²) in [6.45, 7) is 2.99. The molecule has 1 aromatic rings. The lowest BCUT2D eigenvalue weighted by Crippen LogP contribution is -2.22. The first-order valence-electron chi connectivity index (χ1n) is 8.26. The smallest absolute Gasteiger partial charge is 0.118 e. The molecule has 2 unspecified atom stereocenters. The van der Waals surface area contributed by atoms with Crippen LogP contribution in [0.15, 0.2) is 57.8 Å². The second-order valence-electron chi connectivity index (χ2n) is 6.43. The molecule has 1 aliphatic carbocycles. The molecule has 0 aromatic heterocycles.